The molecule has 1 aromatic carbocycles. The molecule has 1 aliphatic carbocycles. The van der Waals surface area contributed by atoms with E-state index in [4.69, 9.17) is 16.3 Å². The number of halogens is 2. The van der Waals surface area contributed by atoms with Crippen LogP contribution in [0.25, 0.3) is 15.9 Å². The fraction of sp³-hybridized carbons (Fsp3) is 0.680. The van der Waals surface area contributed by atoms with Gasteiger partial charge in [0.2, 0.25) is 5.92 Å². The summed E-state index contributed by atoms with van der Waals surface area (Å²) in [6.07, 6.45) is 0.262. The fourth-order valence-electron chi connectivity index (χ4n) is 4.16. The predicted molar refractivity (Wildman–Crippen MR) is 141 cm³/mol. The van der Waals surface area contributed by atoms with E-state index in [0.29, 0.717) is 36.5 Å². The van der Waals surface area contributed by atoms with E-state index in [1.807, 2.05) is 31.4 Å². The molecule has 0 bridgehead atoms. The Balaban J connectivity index is 2.02. The molecule has 2 atom stereocenters. The first-order valence-corrected chi connectivity index (χ1v) is 17.1. The van der Waals surface area contributed by atoms with Crippen LogP contribution in [-0.2, 0) is 22.5 Å². The number of fused-ring (bicyclic) bond motifs is 1. The Kier molecular flexibility index (Phi) is 8.57. The molecular weight excluding hydrogens is 486 g/mol. The van der Waals surface area contributed by atoms with Gasteiger partial charge in [-0.15, -0.1) is 0 Å². The molecule has 0 radical (unpaired) electrons. The molecular formula is C25H38F2N4O2SSi. The third kappa shape index (κ3) is 7.41. The Hall–Kier alpha value is -1.67. The summed E-state index contributed by atoms with van der Waals surface area (Å²) < 4.78 is 51.9. The van der Waals surface area contributed by atoms with Crippen molar-refractivity contribution >= 4 is 35.8 Å². The largest absolute Gasteiger partial charge is 0.361 e. The van der Waals surface area contributed by atoms with Gasteiger partial charge in [0.25, 0.3) is 0 Å². The number of nitrogens with one attached hydrogen (secondary N) is 1. The van der Waals surface area contributed by atoms with Gasteiger partial charge in [-0.1, -0.05) is 25.7 Å². The number of hydrogen-bond donors (Lipinski definition) is 1. The second kappa shape index (κ2) is 10.7. The molecule has 1 N–H and O–H groups in total. The number of aromatic nitrogens is 2. The molecule has 35 heavy (non-hydrogen) atoms. The summed E-state index contributed by atoms with van der Waals surface area (Å²) in [7, 11) is -2.69. The van der Waals surface area contributed by atoms with Crippen LogP contribution in [0.3, 0.4) is 0 Å². The first kappa shape index (κ1) is 27.9. The van der Waals surface area contributed by atoms with Crippen molar-refractivity contribution in [2.75, 3.05) is 6.61 Å². The normalized spacial score (nSPS) is 18.9. The van der Waals surface area contributed by atoms with Crippen molar-refractivity contribution < 1.29 is 17.7 Å². The molecule has 6 nitrogen and oxygen atoms in total. The van der Waals surface area contributed by atoms with Gasteiger partial charge in [-0.05, 0) is 57.7 Å². The van der Waals surface area contributed by atoms with Crippen molar-refractivity contribution in [1.82, 2.24) is 14.3 Å². The molecule has 1 saturated carbocycles. The van der Waals surface area contributed by atoms with Gasteiger partial charge < -0.3 is 9.30 Å². The third-order valence-corrected chi connectivity index (χ3v) is 9.69. The van der Waals surface area contributed by atoms with Crippen LogP contribution in [0.4, 0.5) is 14.5 Å². The van der Waals surface area contributed by atoms with Gasteiger partial charge >= 0.3 is 0 Å². The smallest absolute Gasteiger partial charge is 0.248 e. The maximum Gasteiger partial charge on any atom is 0.248 e. The van der Waals surface area contributed by atoms with Crippen molar-refractivity contribution in [2.45, 2.75) is 95.6 Å². The summed E-state index contributed by atoms with van der Waals surface area (Å²) in [5.74, 6) is -2.17. The average molecular weight is 525 g/mol. The monoisotopic (exact) mass is 524 g/mol. The SMILES string of the molecule is [C-]#[N+]c1ccc2c(c1)nc([C@@H](N[S@](=O)C(C)(C)C)C1CCC(F)(F)CC1)n2COCC[Si](C)(C)C. The Morgan fingerprint density at radius 2 is 1.97 bits per heavy atom. The topological polar surface area (TPSA) is 60.5 Å². The van der Waals surface area contributed by atoms with E-state index < -0.39 is 35.8 Å². The minimum atomic E-state index is -2.66. The summed E-state index contributed by atoms with van der Waals surface area (Å²) in [5, 5.41) is 0. The lowest BCUT2D eigenvalue weighted by Crippen LogP contribution is -2.41. The second-order valence-corrected chi connectivity index (χ2v) is 19.3. The number of hydrogen-bond acceptors (Lipinski definition) is 3. The Bertz CT molecular complexity index is 1090. The second-order valence-electron chi connectivity index (χ2n) is 11.7. The lowest BCUT2D eigenvalue weighted by molar-refractivity contribution is -0.0495. The van der Waals surface area contributed by atoms with Crippen molar-refractivity contribution in [2.24, 2.45) is 5.92 Å². The summed E-state index contributed by atoms with van der Waals surface area (Å²) >= 11 is 0. The number of imidazole rings is 1. The highest BCUT2D eigenvalue weighted by molar-refractivity contribution is 7.84. The average Bonchev–Trinajstić information content (AvgIpc) is 3.11. The van der Waals surface area contributed by atoms with E-state index in [2.05, 4.69) is 29.2 Å². The minimum absolute atomic E-state index is 0.140. The van der Waals surface area contributed by atoms with Crippen LogP contribution in [0.1, 0.15) is 58.3 Å². The standard InChI is InChI=1S/C25H38F2N4O2SSi/c1-24(2,3)34(32)30-22(18-10-12-25(26,27)13-11-18)23-29-20-16-19(28-4)8-9-21(20)31(23)17-33-14-15-35(5,6)7/h8-9,16,18,22,30H,10-15,17H2,1-3,5-7H3/t22-,34+/m0/s1. The van der Waals surface area contributed by atoms with Crippen LogP contribution in [0.5, 0.6) is 0 Å². The zero-order chi connectivity index (χ0) is 26.0. The van der Waals surface area contributed by atoms with Crippen molar-refractivity contribution in [1.29, 1.82) is 0 Å². The van der Waals surface area contributed by atoms with Gasteiger partial charge in [0, 0.05) is 27.5 Å². The molecule has 1 heterocycles. The van der Waals surface area contributed by atoms with Crippen molar-refractivity contribution in [3.63, 3.8) is 0 Å². The summed E-state index contributed by atoms with van der Waals surface area (Å²) in [5.41, 5.74) is 1.94. The van der Waals surface area contributed by atoms with Crippen LogP contribution in [0.15, 0.2) is 18.2 Å². The molecule has 194 valence electrons. The lowest BCUT2D eigenvalue weighted by Gasteiger charge is -2.35. The van der Waals surface area contributed by atoms with Gasteiger partial charge in [-0.25, -0.2) is 27.5 Å². The summed E-state index contributed by atoms with van der Waals surface area (Å²) in [6.45, 7) is 20.8. The predicted octanol–water partition coefficient (Wildman–Crippen LogP) is 6.82. The Morgan fingerprint density at radius 3 is 2.54 bits per heavy atom. The minimum Gasteiger partial charge on any atom is -0.361 e. The third-order valence-electron chi connectivity index (χ3n) is 6.41. The number of alkyl halides is 2. The first-order valence-electron chi connectivity index (χ1n) is 12.2. The van der Waals surface area contributed by atoms with Gasteiger partial charge in [-0.2, -0.15) is 0 Å². The van der Waals surface area contributed by atoms with Crippen LogP contribution < -0.4 is 4.72 Å². The van der Waals surface area contributed by atoms with Crippen LogP contribution >= 0.6 is 0 Å². The van der Waals surface area contributed by atoms with E-state index in [-0.39, 0.29) is 25.5 Å². The highest BCUT2D eigenvalue weighted by atomic mass is 32.2. The van der Waals surface area contributed by atoms with Crippen LogP contribution in [0.2, 0.25) is 25.7 Å². The molecule has 10 heteroatoms. The Labute approximate surface area is 211 Å². The van der Waals surface area contributed by atoms with Crippen LogP contribution in [0, 0.1) is 12.5 Å². The maximum absolute atomic E-state index is 14.0. The van der Waals surface area contributed by atoms with Gasteiger partial charge in [0.1, 0.15) is 12.6 Å². The van der Waals surface area contributed by atoms with Gasteiger partial charge in [0.05, 0.1) is 39.4 Å². The first-order chi connectivity index (χ1) is 16.2. The van der Waals surface area contributed by atoms with E-state index >= 15 is 0 Å². The number of nitrogens with zero attached hydrogens (tertiary/aromatic N) is 3. The molecule has 0 amide bonds. The molecule has 0 spiro atoms. The maximum atomic E-state index is 14.0. The molecule has 1 fully saturated rings. The molecule has 0 unspecified atom stereocenters. The van der Waals surface area contributed by atoms with E-state index in [1.165, 1.54) is 0 Å². The summed E-state index contributed by atoms with van der Waals surface area (Å²) in [6, 6.07) is 5.88. The number of ether oxygens (including phenoxy) is 1. The summed E-state index contributed by atoms with van der Waals surface area (Å²) in [4.78, 5) is 8.38. The van der Waals surface area contributed by atoms with Gasteiger partial charge in [0.15, 0.2) is 5.69 Å². The molecule has 0 saturated heterocycles. The zero-order valence-corrected chi connectivity index (χ0v) is 23.5. The Morgan fingerprint density at radius 1 is 1.31 bits per heavy atom. The molecule has 1 aliphatic rings. The van der Waals surface area contributed by atoms with E-state index in [0.717, 1.165) is 11.6 Å². The zero-order valence-electron chi connectivity index (χ0n) is 21.7. The number of benzene rings is 1. The van der Waals surface area contributed by atoms with Crippen molar-refractivity contribution in [3.8, 4) is 0 Å². The highest BCUT2D eigenvalue weighted by Crippen LogP contribution is 2.42. The lowest BCUT2D eigenvalue weighted by atomic mass is 9.82. The molecule has 3 rings (SSSR count). The van der Waals surface area contributed by atoms with E-state index in [1.54, 1.807) is 12.1 Å². The van der Waals surface area contributed by atoms with Crippen LogP contribution in [-0.4, -0.2) is 39.1 Å². The van der Waals surface area contributed by atoms with Gasteiger partial charge in [-0.3, -0.25) is 0 Å². The highest BCUT2D eigenvalue weighted by Gasteiger charge is 2.40. The van der Waals surface area contributed by atoms with E-state index in [9.17, 15) is 13.0 Å². The van der Waals surface area contributed by atoms with Crippen molar-refractivity contribution in [3.05, 3.63) is 35.4 Å². The number of rotatable bonds is 9. The molecule has 0 aliphatic heterocycles. The fourth-order valence-corrected chi connectivity index (χ4v) is 5.80. The molecule has 1 aromatic heterocycles. The quantitative estimate of drug-likeness (QED) is 0.222. The molecule has 2 aromatic rings.